The van der Waals surface area contributed by atoms with Crippen molar-refractivity contribution in [2.45, 2.75) is 51.6 Å². The fourth-order valence-electron chi connectivity index (χ4n) is 1.42. The second-order valence-corrected chi connectivity index (χ2v) is 5.35. The molecule has 6 nitrogen and oxygen atoms in total. The van der Waals surface area contributed by atoms with Crippen molar-refractivity contribution in [3.05, 3.63) is 0 Å². The predicted molar refractivity (Wildman–Crippen MR) is 68.4 cm³/mol. The quantitative estimate of drug-likeness (QED) is 0.665. The number of likely N-dealkylation sites (N-methyl/N-ethyl adjacent to an activating group) is 1. The van der Waals surface area contributed by atoms with Gasteiger partial charge in [0.15, 0.2) is 0 Å². The lowest BCUT2D eigenvalue weighted by Gasteiger charge is -2.36. The van der Waals surface area contributed by atoms with Crippen LogP contribution in [-0.4, -0.2) is 51.8 Å². The van der Waals surface area contributed by atoms with Gasteiger partial charge in [0.2, 0.25) is 0 Å². The highest BCUT2D eigenvalue weighted by Gasteiger charge is 2.37. The van der Waals surface area contributed by atoms with Crippen molar-refractivity contribution in [1.29, 1.82) is 0 Å². The summed E-state index contributed by atoms with van der Waals surface area (Å²) in [7, 11) is 1.53. The molecule has 0 radical (unpaired) electrons. The van der Waals surface area contributed by atoms with E-state index in [9.17, 15) is 19.8 Å². The lowest BCUT2D eigenvalue weighted by atomic mass is 9.96. The van der Waals surface area contributed by atoms with Crippen LogP contribution in [0.1, 0.15) is 40.5 Å². The third-order valence-electron chi connectivity index (χ3n) is 3.20. The number of carbonyl (C=O) groups excluding carboxylic acids is 1. The Morgan fingerprint density at radius 2 is 1.78 bits per heavy atom. The molecule has 3 N–H and O–H groups in total. The van der Waals surface area contributed by atoms with E-state index in [2.05, 4.69) is 5.32 Å². The van der Waals surface area contributed by atoms with Crippen molar-refractivity contribution in [2.24, 2.45) is 0 Å². The molecule has 0 aromatic carbocycles. The van der Waals surface area contributed by atoms with Crippen LogP contribution < -0.4 is 5.32 Å². The number of urea groups is 1. The maximum atomic E-state index is 12.0. The molecule has 0 aromatic rings. The fourth-order valence-corrected chi connectivity index (χ4v) is 1.42. The standard InChI is InChI=1S/C12H24N2O4/c1-6-7-12(4,9(16)17)13-10(18)14(5)11(2,3)8-15/h15H,6-8H2,1-5H3,(H,13,18)(H,16,17). The molecule has 0 aromatic heterocycles. The molecule has 0 aliphatic carbocycles. The van der Waals surface area contributed by atoms with Crippen molar-refractivity contribution in [2.75, 3.05) is 13.7 Å². The molecular formula is C12H24N2O4. The number of aliphatic hydroxyl groups is 1. The summed E-state index contributed by atoms with van der Waals surface area (Å²) in [6.07, 6.45) is 0.998. The summed E-state index contributed by atoms with van der Waals surface area (Å²) in [6.45, 7) is 6.54. The van der Waals surface area contributed by atoms with Gasteiger partial charge in [0.1, 0.15) is 5.54 Å². The summed E-state index contributed by atoms with van der Waals surface area (Å²) < 4.78 is 0. The highest BCUT2D eigenvalue weighted by molar-refractivity contribution is 5.86. The number of aliphatic carboxylic acids is 1. The normalized spacial score (nSPS) is 14.8. The zero-order valence-electron chi connectivity index (χ0n) is 11.8. The number of hydrogen-bond donors (Lipinski definition) is 3. The van der Waals surface area contributed by atoms with Crippen LogP contribution in [0.5, 0.6) is 0 Å². The van der Waals surface area contributed by atoms with E-state index in [0.717, 1.165) is 0 Å². The van der Waals surface area contributed by atoms with Crippen molar-refractivity contribution >= 4 is 12.0 Å². The highest BCUT2D eigenvalue weighted by Crippen LogP contribution is 2.16. The number of nitrogens with one attached hydrogen (secondary N) is 1. The Kier molecular flexibility index (Phi) is 5.60. The molecule has 6 heteroatoms. The molecule has 0 saturated carbocycles. The number of carboxylic acids is 1. The van der Waals surface area contributed by atoms with E-state index < -0.39 is 23.1 Å². The van der Waals surface area contributed by atoms with E-state index in [4.69, 9.17) is 0 Å². The fraction of sp³-hybridized carbons (Fsp3) is 0.833. The topological polar surface area (TPSA) is 89.9 Å². The van der Waals surface area contributed by atoms with Crippen LogP contribution in [-0.2, 0) is 4.79 Å². The lowest BCUT2D eigenvalue weighted by molar-refractivity contribution is -0.144. The first-order valence-corrected chi connectivity index (χ1v) is 6.01. The lowest BCUT2D eigenvalue weighted by Crippen LogP contribution is -2.59. The molecule has 1 unspecified atom stereocenters. The zero-order chi connectivity index (χ0) is 14.6. The van der Waals surface area contributed by atoms with Gasteiger partial charge in [-0.05, 0) is 27.2 Å². The van der Waals surface area contributed by atoms with Crippen LogP contribution in [0.15, 0.2) is 0 Å². The average Bonchev–Trinajstić information content (AvgIpc) is 2.27. The maximum absolute atomic E-state index is 12.0. The van der Waals surface area contributed by atoms with E-state index in [1.54, 1.807) is 13.8 Å². The van der Waals surface area contributed by atoms with E-state index in [1.807, 2.05) is 6.92 Å². The SMILES string of the molecule is CCCC(C)(NC(=O)N(C)C(C)(C)CO)C(=O)O. The van der Waals surface area contributed by atoms with Gasteiger partial charge in [0.05, 0.1) is 12.1 Å². The second-order valence-electron chi connectivity index (χ2n) is 5.35. The van der Waals surface area contributed by atoms with Gasteiger partial charge >= 0.3 is 12.0 Å². The van der Waals surface area contributed by atoms with E-state index in [0.29, 0.717) is 12.8 Å². The van der Waals surface area contributed by atoms with Crippen molar-refractivity contribution in [3.8, 4) is 0 Å². The Bertz CT molecular complexity index is 317. The molecule has 1 atom stereocenters. The molecule has 0 aliphatic rings. The molecule has 18 heavy (non-hydrogen) atoms. The molecule has 0 bridgehead atoms. The van der Waals surface area contributed by atoms with Crippen molar-refractivity contribution in [3.63, 3.8) is 0 Å². The highest BCUT2D eigenvalue weighted by atomic mass is 16.4. The van der Waals surface area contributed by atoms with Crippen LogP contribution in [0, 0.1) is 0 Å². The minimum Gasteiger partial charge on any atom is -0.480 e. The Morgan fingerprint density at radius 1 is 1.28 bits per heavy atom. The Morgan fingerprint density at radius 3 is 2.11 bits per heavy atom. The summed E-state index contributed by atoms with van der Waals surface area (Å²) in [6, 6.07) is -0.507. The average molecular weight is 260 g/mol. The third-order valence-corrected chi connectivity index (χ3v) is 3.20. The van der Waals surface area contributed by atoms with Gasteiger partial charge in [-0.3, -0.25) is 0 Å². The smallest absolute Gasteiger partial charge is 0.329 e. The van der Waals surface area contributed by atoms with Gasteiger partial charge in [-0.1, -0.05) is 13.3 Å². The van der Waals surface area contributed by atoms with E-state index in [-0.39, 0.29) is 6.61 Å². The monoisotopic (exact) mass is 260 g/mol. The molecule has 0 saturated heterocycles. The van der Waals surface area contributed by atoms with Gasteiger partial charge in [0, 0.05) is 7.05 Å². The Labute approximate surface area is 108 Å². The third kappa shape index (κ3) is 3.87. The Balaban J connectivity index is 4.87. The molecule has 0 aliphatic heterocycles. The van der Waals surface area contributed by atoms with Crippen LogP contribution >= 0.6 is 0 Å². The number of rotatable bonds is 6. The number of carbonyl (C=O) groups is 2. The van der Waals surface area contributed by atoms with Gasteiger partial charge in [-0.15, -0.1) is 0 Å². The van der Waals surface area contributed by atoms with E-state index >= 15 is 0 Å². The first kappa shape index (κ1) is 16.7. The van der Waals surface area contributed by atoms with E-state index in [1.165, 1.54) is 18.9 Å². The second kappa shape index (κ2) is 6.04. The molecule has 0 spiro atoms. The minimum atomic E-state index is -1.29. The zero-order valence-corrected chi connectivity index (χ0v) is 11.8. The maximum Gasteiger partial charge on any atom is 0.329 e. The summed E-state index contributed by atoms with van der Waals surface area (Å²) in [5, 5.41) is 20.9. The summed E-state index contributed by atoms with van der Waals surface area (Å²) >= 11 is 0. The largest absolute Gasteiger partial charge is 0.480 e. The first-order chi connectivity index (χ1) is 8.10. The van der Waals surface area contributed by atoms with Crippen molar-refractivity contribution < 1.29 is 19.8 Å². The number of aliphatic hydroxyl groups excluding tert-OH is 1. The van der Waals surface area contributed by atoms with Crippen LogP contribution in [0.2, 0.25) is 0 Å². The Hall–Kier alpha value is -1.30. The van der Waals surface area contributed by atoms with Gasteiger partial charge in [-0.2, -0.15) is 0 Å². The number of carboxylic acid groups (broad SMARTS) is 1. The van der Waals surface area contributed by atoms with Crippen LogP contribution in [0.4, 0.5) is 4.79 Å². The van der Waals surface area contributed by atoms with Crippen LogP contribution in [0.3, 0.4) is 0 Å². The molecular weight excluding hydrogens is 236 g/mol. The molecule has 0 heterocycles. The summed E-state index contributed by atoms with van der Waals surface area (Å²) in [5.74, 6) is -1.06. The molecule has 2 amide bonds. The minimum absolute atomic E-state index is 0.200. The van der Waals surface area contributed by atoms with Gasteiger partial charge in [-0.25, -0.2) is 9.59 Å². The van der Waals surface area contributed by atoms with Crippen molar-refractivity contribution in [1.82, 2.24) is 10.2 Å². The summed E-state index contributed by atoms with van der Waals surface area (Å²) in [4.78, 5) is 24.5. The van der Waals surface area contributed by atoms with Crippen LogP contribution in [0.25, 0.3) is 0 Å². The number of hydrogen-bond acceptors (Lipinski definition) is 3. The number of amides is 2. The molecule has 106 valence electrons. The molecule has 0 fully saturated rings. The number of nitrogens with zero attached hydrogens (tertiary/aromatic N) is 1. The van der Waals surface area contributed by atoms with Gasteiger partial charge in [0.25, 0.3) is 0 Å². The van der Waals surface area contributed by atoms with Gasteiger partial charge < -0.3 is 20.4 Å². The summed E-state index contributed by atoms with van der Waals surface area (Å²) in [5.41, 5.74) is -2.03. The molecule has 0 rings (SSSR count). The predicted octanol–water partition coefficient (Wildman–Crippen LogP) is 1.04. The first-order valence-electron chi connectivity index (χ1n) is 6.01.